The number of rotatable bonds is 5. The summed E-state index contributed by atoms with van der Waals surface area (Å²) in [6.07, 6.45) is 0. The fraction of sp³-hybridized carbons (Fsp3) is 0.455. The largest absolute Gasteiger partial charge is 0.323 e. The molecule has 1 aromatic rings. The number of sulfonamides is 1. The molecule has 3 N–H and O–H groups in total. The van der Waals surface area contributed by atoms with Gasteiger partial charge in [-0.1, -0.05) is 30.3 Å². The van der Waals surface area contributed by atoms with Crippen LogP contribution in [0.15, 0.2) is 30.3 Å². The second kappa shape index (κ2) is 5.43. The molecule has 16 heavy (non-hydrogen) atoms. The maximum Gasteiger partial charge on any atom is 0.213 e. The molecule has 0 radical (unpaired) electrons. The zero-order valence-corrected chi connectivity index (χ0v) is 10.4. The molecule has 0 amide bonds. The number of hydrogen-bond acceptors (Lipinski definition) is 3. The molecule has 4 nitrogen and oxygen atoms in total. The van der Waals surface area contributed by atoms with E-state index in [0.717, 1.165) is 5.56 Å². The van der Waals surface area contributed by atoms with Crippen LogP contribution in [0.1, 0.15) is 25.5 Å². The van der Waals surface area contributed by atoms with Gasteiger partial charge in [-0.15, -0.1) is 0 Å². The Morgan fingerprint density at radius 2 is 1.81 bits per heavy atom. The SMILES string of the molecule is CC(C)S(=O)(=O)NCC(N)c1ccccc1. The van der Waals surface area contributed by atoms with E-state index in [1.54, 1.807) is 13.8 Å². The minimum Gasteiger partial charge on any atom is -0.323 e. The van der Waals surface area contributed by atoms with E-state index in [9.17, 15) is 8.42 Å². The maximum atomic E-state index is 11.5. The first-order valence-corrected chi connectivity index (χ1v) is 6.77. The van der Waals surface area contributed by atoms with Crippen molar-refractivity contribution in [1.82, 2.24) is 4.72 Å². The van der Waals surface area contributed by atoms with Gasteiger partial charge in [-0.3, -0.25) is 0 Å². The van der Waals surface area contributed by atoms with Crippen LogP contribution >= 0.6 is 0 Å². The lowest BCUT2D eigenvalue weighted by Crippen LogP contribution is -2.36. The van der Waals surface area contributed by atoms with Gasteiger partial charge in [0.1, 0.15) is 0 Å². The lowest BCUT2D eigenvalue weighted by atomic mass is 10.1. The van der Waals surface area contributed by atoms with Crippen molar-refractivity contribution in [3.05, 3.63) is 35.9 Å². The standard InChI is InChI=1S/C11H18N2O2S/c1-9(2)16(14,15)13-8-11(12)10-6-4-3-5-7-10/h3-7,9,11,13H,8,12H2,1-2H3. The maximum absolute atomic E-state index is 11.5. The van der Waals surface area contributed by atoms with Crippen LogP contribution in [0.5, 0.6) is 0 Å². The highest BCUT2D eigenvalue weighted by Gasteiger charge is 2.16. The lowest BCUT2D eigenvalue weighted by Gasteiger charge is -2.14. The molecular weight excluding hydrogens is 224 g/mol. The molecule has 0 aliphatic carbocycles. The van der Waals surface area contributed by atoms with Gasteiger partial charge in [0.05, 0.1) is 5.25 Å². The van der Waals surface area contributed by atoms with E-state index in [1.807, 2.05) is 30.3 Å². The topological polar surface area (TPSA) is 72.2 Å². The summed E-state index contributed by atoms with van der Waals surface area (Å²) in [7, 11) is -3.23. The zero-order valence-electron chi connectivity index (χ0n) is 9.55. The summed E-state index contributed by atoms with van der Waals surface area (Å²) < 4.78 is 25.5. The molecule has 1 unspecified atom stereocenters. The summed E-state index contributed by atoms with van der Waals surface area (Å²) in [5.74, 6) is 0. The van der Waals surface area contributed by atoms with Crippen molar-refractivity contribution in [1.29, 1.82) is 0 Å². The number of hydrogen-bond donors (Lipinski definition) is 2. The molecule has 0 saturated heterocycles. The first-order valence-electron chi connectivity index (χ1n) is 5.22. The van der Waals surface area contributed by atoms with E-state index in [2.05, 4.69) is 4.72 Å². The van der Waals surface area contributed by atoms with Crippen molar-refractivity contribution in [3.63, 3.8) is 0 Å². The molecule has 1 aromatic carbocycles. The Hall–Kier alpha value is -0.910. The van der Waals surface area contributed by atoms with Gasteiger partial charge in [0, 0.05) is 12.6 Å². The van der Waals surface area contributed by atoms with Crippen LogP contribution in [0.25, 0.3) is 0 Å². The molecule has 0 bridgehead atoms. The molecule has 0 spiro atoms. The molecule has 0 heterocycles. The van der Waals surface area contributed by atoms with Crippen molar-refractivity contribution in [2.24, 2.45) is 5.73 Å². The van der Waals surface area contributed by atoms with Crippen molar-refractivity contribution in [2.45, 2.75) is 25.1 Å². The summed E-state index contributed by atoms with van der Waals surface area (Å²) >= 11 is 0. The van der Waals surface area contributed by atoms with E-state index >= 15 is 0 Å². The van der Waals surface area contributed by atoms with Gasteiger partial charge >= 0.3 is 0 Å². The predicted molar refractivity (Wildman–Crippen MR) is 65.4 cm³/mol. The smallest absolute Gasteiger partial charge is 0.213 e. The number of nitrogens with one attached hydrogen (secondary N) is 1. The van der Waals surface area contributed by atoms with Crippen LogP contribution in [-0.2, 0) is 10.0 Å². The van der Waals surface area contributed by atoms with Crippen LogP contribution < -0.4 is 10.5 Å². The summed E-state index contributed by atoms with van der Waals surface area (Å²) in [4.78, 5) is 0. The Morgan fingerprint density at radius 3 is 2.31 bits per heavy atom. The summed E-state index contributed by atoms with van der Waals surface area (Å²) in [6.45, 7) is 3.50. The highest BCUT2D eigenvalue weighted by molar-refractivity contribution is 7.90. The zero-order chi connectivity index (χ0) is 12.2. The monoisotopic (exact) mass is 242 g/mol. The van der Waals surface area contributed by atoms with Crippen LogP contribution in [0.4, 0.5) is 0 Å². The minimum absolute atomic E-state index is 0.227. The van der Waals surface area contributed by atoms with Crippen LogP contribution in [0, 0.1) is 0 Å². The van der Waals surface area contributed by atoms with E-state index in [-0.39, 0.29) is 12.6 Å². The second-order valence-electron chi connectivity index (χ2n) is 3.96. The molecule has 5 heteroatoms. The van der Waals surface area contributed by atoms with Crippen molar-refractivity contribution in [2.75, 3.05) is 6.54 Å². The first-order chi connectivity index (χ1) is 7.43. The van der Waals surface area contributed by atoms with Crippen LogP contribution in [0.2, 0.25) is 0 Å². The summed E-state index contributed by atoms with van der Waals surface area (Å²) in [5, 5.41) is -0.435. The van der Waals surface area contributed by atoms with Gasteiger partial charge in [0.2, 0.25) is 10.0 Å². The van der Waals surface area contributed by atoms with Crippen molar-refractivity contribution >= 4 is 10.0 Å². The average Bonchev–Trinajstić information content (AvgIpc) is 2.27. The number of benzene rings is 1. The lowest BCUT2D eigenvalue weighted by molar-refractivity contribution is 0.563. The second-order valence-corrected chi connectivity index (χ2v) is 6.28. The Kier molecular flexibility index (Phi) is 4.46. The third-order valence-corrected chi connectivity index (χ3v) is 4.16. The van der Waals surface area contributed by atoms with Gasteiger partial charge in [-0.25, -0.2) is 13.1 Å². The fourth-order valence-corrected chi connectivity index (χ4v) is 1.94. The van der Waals surface area contributed by atoms with Crippen molar-refractivity contribution in [3.8, 4) is 0 Å². The van der Waals surface area contributed by atoms with E-state index < -0.39 is 15.3 Å². The molecule has 1 rings (SSSR count). The van der Waals surface area contributed by atoms with Gasteiger partial charge in [0.15, 0.2) is 0 Å². The van der Waals surface area contributed by atoms with Gasteiger partial charge in [0.25, 0.3) is 0 Å². The molecule has 1 atom stereocenters. The number of nitrogens with two attached hydrogens (primary N) is 1. The highest BCUT2D eigenvalue weighted by Crippen LogP contribution is 2.08. The molecular formula is C11H18N2O2S. The molecule has 0 aromatic heterocycles. The van der Waals surface area contributed by atoms with E-state index in [1.165, 1.54) is 0 Å². The predicted octanol–water partition coefficient (Wildman–Crippen LogP) is 1.01. The van der Waals surface area contributed by atoms with Gasteiger partial charge in [-0.2, -0.15) is 0 Å². The van der Waals surface area contributed by atoms with E-state index in [4.69, 9.17) is 5.73 Å². The Labute approximate surface area is 96.9 Å². The highest BCUT2D eigenvalue weighted by atomic mass is 32.2. The van der Waals surface area contributed by atoms with Gasteiger partial charge < -0.3 is 5.73 Å². The molecule has 90 valence electrons. The normalized spacial score (nSPS) is 14.0. The first kappa shape index (κ1) is 13.2. The van der Waals surface area contributed by atoms with E-state index in [0.29, 0.717) is 0 Å². The minimum atomic E-state index is -3.23. The third-order valence-electron chi connectivity index (χ3n) is 2.35. The third kappa shape index (κ3) is 3.59. The molecule has 0 aliphatic heterocycles. The Morgan fingerprint density at radius 1 is 1.25 bits per heavy atom. The summed E-state index contributed by atoms with van der Waals surface area (Å²) in [6, 6.07) is 9.12. The quantitative estimate of drug-likeness (QED) is 0.809. The fourth-order valence-electron chi connectivity index (χ4n) is 1.19. The molecule has 0 aliphatic rings. The van der Waals surface area contributed by atoms with Crippen molar-refractivity contribution < 1.29 is 8.42 Å². The Bertz CT molecular complexity index is 415. The average molecular weight is 242 g/mol. The van der Waals surface area contributed by atoms with Crippen LogP contribution in [-0.4, -0.2) is 20.2 Å². The van der Waals surface area contributed by atoms with Gasteiger partial charge in [-0.05, 0) is 19.4 Å². The molecule has 0 fully saturated rings. The Balaban J connectivity index is 2.58. The van der Waals surface area contributed by atoms with Crippen LogP contribution in [0.3, 0.4) is 0 Å². The summed E-state index contributed by atoms with van der Waals surface area (Å²) in [5.41, 5.74) is 6.80. The molecule has 0 saturated carbocycles.